The minimum atomic E-state index is -4.40. The van der Waals surface area contributed by atoms with Crippen LogP contribution in [0.2, 0.25) is 0 Å². The fourth-order valence-corrected chi connectivity index (χ4v) is 7.14. The quantitative estimate of drug-likeness (QED) is 0.0675. The Labute approximate surface area is 331 Å². The van der Waals surface area contributed by atoms with E-state index in [4.69, 9.17) is 14.2 Å². The molecule has 0 saturated carbocycles. The van der Waals surface area contributed by atoms with Crippen LogP contribution in [0.5, 0.6) is 28.7 Å². The lowest BCUT2D eigenvalue weighted by Crippen LogP contribution is -2.25. The van der Waals surface area contributed by atoms with E-state index < -0.39 is 13.0 Å². The molecule has 0 heterocycles. The van der Waals surface area contributed by atoms with Crippen LogP contribution in [0.25, 0.3) is 0 Å². The summed E-state index contributed by atoms with van der Waals surface area (Å²) in [5, 5.41) is -0.144. The van der Waals surface area contributed by atoms with Crippen molar-refractivity contribution in [2.24, 2.45) is 0 Å². The third kappa shape index (κ3) is 8.64. The molecule has 0 aliphatic rings. The van der Waals surface area contributed by atoms with E-state index in [0.717, 1.165) is 28.0 Å². The van der Waals surface area contributed by atoms with E-state index in [1.165, 1.54) is 24.3 Å². The van der Waals surface area contributed by atoms with Gasteiger partial charge in [-0.1, -0.05) is 78.4 Å². The molecule has 8 nitrogen and oxygen atoms in total. The van der Waals surface area contributed by atoms with Gasteiger partial charge in [0, 0.05) is 27.7 Å². The Morgan fingerprint density at radius 2 is 0.737 bits per heavy atom. The number of carbonyl (C=O) groups is 2. The third-order valence-corrected chi connectivity index (χ3v) is 11.0. The van der Waals surface area contributed by atoms with E-state index in [1.807, 2.05) is 91.9 Å². The number of hydrogen-bond donors (Lipinski definition) is 2. The van der Waals surface area contributed by atoms with Crippen molar-refractivity contribution in [2.75, 3.05) is 7.11 Å². The normalized spacial score (nSPS) is 12.3. The smallest absolute Gasteiger partial charge is 0.356 e. The van der Waals surface area contributed by atoms with Crippen LogP contribution in [0, 0.1) is 6.92 Å². The molecule has 7 rings (SSSR count). The summed E-state index contributed by atoms with van der Waals surface area (Å²) >= 11 is 0. The molecule has 0 aliphatic carbocycles. The molecule has 0 aliphatic heterocycles. The van der Waals surface area contributed by atoms with Crippen LogP contribution in [0.15, 0.2) is 170 Å². The molecule has 1 atom stereocenters. The van der Waals surface area contributed by atoms with Crippen molar-refractivity contribution < 1.29 is 38.2 Å². The van der Waals surface area contributed by atoms with E-state index in [0.29, 0.717) is 45.3 Å². The van der Waals surface area contributed by atoms with Gasteiger partial charge >= 0.3 is 7.60 Å². The third-order valence-electron chi connectivity index (χ3n) is 10.0. The standard InChI is InChI=1S/C48H39O8P/c1-32-4-6-33(7-5-32)46(49)34-8-20-41(21-9-34)55-43-26-16-38(17-27-43)48(2,37-14-24-40(54-3)25-15-37)39-18-28-44(29-19-39)56-42-22-10-35(11-23-42)47(50)36-12-30-45(31-13-36)57(51,52)53/h4-31H,1-3H3,(H2,51,52,53). The highest BCUT2D eigenvalue weighted by atomic mass is 31.2. The van der Waals surface area contributed by atoms with Gasteiger partial charge in [0.05, 0.1) is 12.4 Å². The summed E-state index contributed by atoms with van der Waals surface area (Å²) in [4.78, 5) is 44.7. The van der Waals surface area contributed by atoms with E-state index >= 15 is 0 Å². The van der Waals surface area contributed by atoms with Gasteiger partial charge in [0.2, 0.25) is 0 Å². The Balaban J connectivity index is 1.07. The second-order valence-electron chi connectivity index (χ2n) is 13.8. The van der Waals surface area contributed by atoms with E-state index in [2.05, 4.69) is 19.1 Å². The van der Waals surface area contributed by atoms with Crippen LogP contribution in [-0.2, 0) is 9.98 Å². The van der Waals surface area contributed by atoms with Crippen molar-refractivity contribution in [1.29, 1.82) is 0 Å². The molecule has 284 valence electrons. The van der Waals surface area contributed by atoms with Crippen molar-refractivity contribution in [3.63, 3.8) is 0 Å². The summed E-state index contributed by atoms with van der Waals surface area (Å²) < 4.78 is 29.3. The number of benzene rings is 7. The Kier molecular flexibility index (Phi) is 11.0. The van der Waals surface area contributed by atoms with Gasteiger partial charge in [-0.25, -0.2) is 0 Å². The average Bonchev–Trinajstić information content (AvgIpc) is 3.24. The number of rotatable bonds is 13. The molecule has 0 radical (unpaired) electrons. The van der Waals surface area contributed by atoms with Crippen molar-refractivity contribution in [1.82, 2.24) is 0 Å². The summed E-state index contributed by atoms with van der Waals surface area (Å²) in [5.74, 6) is 2.86. The molecule has 0 aromatic heterocycles. The lowest BCUT2D eigenvalue weighted by molar-refractivity contribution is 0.103. The van der Waals surface area contributed by atoms with Crippen LogP contribution in [0.1, 0.15) is 61.0 Å². The zero-order chi connectivity index (χ0) is 40.2. The highest BCUT2D eigenvalue weighted by molar-refractivity contribution is 7.60. The van der Waals surface area contributed by atoms with Gasteiger partial charge in [0.15, 0.2) is 11.6 Å². The van der Waals surface area contributed by atoms with Crippen molar-refractivity contribution in [2.45, 2.75) is 19.3 Å². The highest BCUT2D eigenvalue weighted by Gasteiger charge is 2.31. The maximum atomic E-state index is 13.0. The lowest BCUT2D eigenvalue weighted by atomic mass is 9.71. The van der Waals surface area contributed by atoms with E-state index in [1.54, 1.807) is 55.6 Å². The first-order valence-electron chi connectivity index (χ1n) is 18.1. The van der Waals surface area contributed by atoms with Gasteiger partial charge in [-0.05, 0) is 128 Å². The van der Waals surface area contributed by atoms with Gasteiger partial charge in [-0.2, -0.15) is 0 Å². The molecule has 0 saturated heterocycles. The average molecular weight is 775 g/mol. The number of ketones is 2. The minimum absolute atomic E-state index is 0.0413. The monoisotopic (exact) mass is 774 g/mol. The molecule has 0 amide bonds. The first kappa shape index (κ1) is 38.7. The van der Waals surface area contributed by atoms with Crippen molar-refractivity contribution >= 4 is 24.5 Å². The maximum absolute atomic E-state index is 13.0. The van der Waals surface area contributed by atoms with Crippen LogP contribution < -0.4 is 19.5 Å². The maximum Gasteiger partial charge on any atom is 0.356 e. The molecular weight excluding hydrogens is 735 g/mol. The summed E-state index contributed by atoms with van der Waals surface area (Å²) in [6.45, 7) is 4.16. The Hall–Kier alpha value is -6.57. The van der Waals surface area contributed by atoms with Gasteiger partial charge in [-0.3, -0.25) is 14.2 Å². The Bertz CT molecular complexity index is 2540. The minimum Gasteiger partial charge on any atom is -0.497 e. The molecule has 57 heavy (non-hydrogen) atoms. The summed E-state index contributed by atoms with van der Waals surface area (Å²) in [5.41, 5.74) is 5.59. The molecule has 7 aromatic carbocycles. The summed E-state index contributed by atoms with van der Waals surface area (Å²) in [7, 11) is -2.75. The highest BCUT2D eigenvalue weighted by Crippen LogP contribution is 2.41. The first-order valence-corrected chi connectivity index (χ1v) is 19.8. The fraction of sp³-hybridized carbons (Fsp3) is 0.0833. The zero-order valence-electron chi connectivity index (χ0n) is 31.5. The zero-order valence-corrected chi connectivity index (χ0v) is 32.4. The van der Waals surface area contributed by atoms with Crippen LogP contribution in [-0.4, -0.2) is 28.5 Å². The molecule has 7 aromatic rings. The van der Waals surface area contributed by atoms with Gasteiger partial charge in [-0.15, -0.1) is 0 Å². The predicted octanol–water partition coefficient (Wildman–Crippen LogP) is 10.2. The Morgan fingerprint density at radius 3 is 1.05 bits per heavy atom. The SMILES string of the molecule is COc1ccc(C(C)(c2ccc(Oc3ccc(C(=O)c4ccc(C)cc4)cc3)cc2)c2ccc(Oc3ccc(C(=O)c4ccc(P(=O)(O)O)cc4)cc3)cc2)cc1. The fourth-order valence-electron chi connectivity index (χ4n) is 6.60. The van der Waals surface area contributed by atoms with E-state index in [9.17, 15) is 23.9 Å². The van der Waals surface area contributed by atoms with Crippen molar-refractivity contribution in [3.05, 3.63) is 214 Å². The molecule has 0 spiro atoms. The van der Waals surface area contributed by atoms with Gasteiger partial charge in [0.25, 0.3) is 0 Å². The van der Waals surface area contributed by atoms with Gasteiger partial charge in [0.1, 0.15) is 28.7 Å². The second-order valence-corrected chi connectivity index (χ2v) is 15.4. The number of hydrogen-bond acceptors (Lipinski definition) is 6. The number of aryl methyl sites for hydroxylation is 1. The number of ether oxygens (including phenoxy) is 3. The summed E-state index contributed by atoms with van der Waals surface area (Å²) in [6.07, 6.45) is 0. The second kappa shape index (κ2) is 16.3. The Morgan fingerprint density at radius 1 is 0.456 bits per heavy atom. The van der Waals surface area contributed by atoms with Crippen LogP contribution in [0.4, 0.5) is 0 Å². The predicted molar refractivity (Wildman–Crippen MR) is 221 cm³/mol. The van der Waals surface area contributed by atoms with Gasteiger partial charge < -0.3 is 24.0 Å². The molecular formula is C48H39O8P. The molecule has 1 unspecified atom stereocenters. The van der Waals surface area contributed by atoms with Crippen LogP contribution >= 0.6 is 7.60 Å². The van der Waals surface area contributed by atoms with Crippen molar-refractivity contribution in [3.8, 4) is 28.7 Å². The number of carbonyl (C=O) groups excluding carboxylic acids is 2. The molecule has 0 fully saturated rings. The largest absolute Gasteiger partial charge is 0.497 e. The molecule has 2 N–H and O–H groups in total. The lowest BCUT2D eigenvalue weighted by Gasteiger charge is -2.32. The molecule has 0 bridgehead atoms. The van der Waals surface area contributed by atoms with Crippen LogP contribution in [0.3, 0.4) is 0 Å². The topological polar surface area (TPSA) is 119 Å². The summed E-state index contributed by atoms with van der Waals surface area (Å²) in [6, 6.07) is 50.6. The van der Waals surface area contributed by atoms with E-state index in [-0.39, 0.29) is 16.9 Å². The molecule has 9 heteroatoms. The number of methoxy groups -OCH3 is 1. The first-order chi connectivity index (χ1) is 27.4.